The number of hydrogen-bond donors (Lipinski definition) is 0. The van der Waals surface area contributed by atoms with E-state index in [2.05, 4.69) is 10.1 Å². The van der Waals surface area contributed by atoms with Crippen LogP contribution in [0.1, 0.15) is 18.2 Å². The standard InChI is InChI=1S/C18H16F3N3O/c1-3-25-17-16(13-7-6-8-14(11-13)18(19,20)21)12(2)24(23-17)15-9-4-5-10-22-15/h4-11H,3H2,1-2H3. The zero-order chi connectivity index (χ0) is 18.0. The lowest BCUT2D eigenvalue weighted by Crippen LogP contribution is -2.04. The normalized spacial score (nSPS) is 11.6. The summed E-state index contributed by atoms with van der Waals surface area (Å²) >= 11 is 0. The average molecular weight is 347 g/mol. The fraction of sp³-hybridized carbons (Fsp3) is 0.222. The first-order chi connectivity index (χ1) is 11.9. The van der Waals surface area contributed by atoms with Crippen LogP contribution in [0, 0.1) is 6.92 Å². The number of aromatic nitrogens is 3. The van der Waals surface area contributed by atoms with Crippen molar-refractivity contribution in [1.29, 1.82) is 0 Å². The molecule has 3 rings (SSSR count). The van der Waals surface area contributed by atoms with Crippen LogP contribution in [0.2, 0.25) is 0 Å². The molecule has 130 valence electrons. The molecule has 0 saturated heterocycles. The van der Waals surface area contributed by atoms with Gasteiger partial charge in [0.25, 0.3) is 0 Å². The van der Waals surface area contributed by atoms with Crippen LogP contribution in [0.4, 0.5) is 13.2 Å². The molecule has 0 spiro atoms. The first-order valence-corrected chi connectivity index (χ1v) is 7.73. The highest BCUT2D eigenvalue weighted by molar-refractivity contribution is 5.72. The van der Waals surface area contributed by atoms with Gasteiger partial charge in [0, 0.05) is 6.20 Å². The van der Waals surface area contributed by atoms with Crippen molar-refractivity contribution >= 4 is 0 Å². The van der Waals surface area contributed by atoms with Crippen molar-refractivity contribution < 1.29 is 17.9 Å². The lowest BCUT2D eigenvalue weighted by molar-refractivity contribution is -0.137. The van der Waals surface area contributed by atoms with E-state index in [4.69, 9.17) is 4.74 Å². The van der Waals surface area contributed by atoms with Crippen molar-refractivity contribution in [2.75, 3.05) is 6.61 Å². The van der Waals surface area contributed by atoms with E-state index in [9.17, 15) is 13.2 Å². The summed E-state index contributed by atoms with van der Waals surface area (Å²) < 4.78 is 46.3. The summed E-state index contributed by atoms with van der Waals surface area (Å²) in [5.41, 5.74) is 0.871. The van der Waals surface area contributed by atoms with E-state index in [-0.39, 0.29) is 5.88 Å². The van der Waals surface area contributed by atoms with Crippen LogP contribution < -0.4 is 4.74 Å². The Balaban J connectivity index is 2.17. The molecule has 0 bridgehead atoms. The summed E-state index contributed by atoms with van der Waals surface area (Å²) in [6, 6.07) is 10.5. The van der Waals surface area contributed by atoms with Crippen LogP contribution in [0.25, 0.3) is 16.9 Å². The summed E-state index contributed by atoms with van der Waals surface area (Å²) in [7, 11) is 0. The minimum atomic E-state index is -4.41. The van der Waals surface area contributed by atoms with Gasteiger partial charge < -0.3 is 4.74 Å². The fourth-order valence-electron chi connectivity index (χ4n) is 2.60. The number of ether oxygens (including phenoxy) is 1. The number of benzene rings is 1. The van der Waals surface area contributed by atoms with Crippen molar-refractivity contribution in [3.63, 3.8) is 0 Å². The van der Waals surface area contributed by atoms with Crippen LogP contribution in [-0.4, -0.2) is 21.4 Å². The van der Waals surface area contributed by atoms with E-state index in [1.807, 2.05) is 6.07 Å². The van der Waals surface area contributed by atoms with Crippen molar-refractivity contribution in [3.05, 3.63) is 59.9 Å². The van der Waals surface area contributed by atoms with E-state index in [0.717, 1.165) is 12.1 Å². The molecule has 0 unspecified atom stereocenters. The molecular weight excluding hydrogens is 331 g/mol. The second kappa shape index (κ2) is 6.58. The molecule has 0 aliphatic rings. The van der Waals surface area contributed by atoms with Crippen LogP contribution >= 0.6 is 0 Å². The lowest BCUT2D eigenvalue weighted by Gasteiger charge is -2.10. The predicted molar refractivity (Wildman–Crippen MR) is 87.7 cm³/mol. The van der Waals surface area contributed by atoms with E-state index >= 15 is 0 Å². The van der Waals surface area contributed by atoms with Gasteiger partial charge in [0.1, 0.15) is 0 Å². The molecule has 7 heteroatoms. The van der Waals surface area contributed by atoms with Gasteiger partial charge in [0.15, 0.2) is 5.82 Å². The fourth-order valence-corrected chi connectivity index (χ4v) is 2.60. The third-order valence-electron chi connectivity index (χ3n) is 3.71. The summed E-state index contributed by atoms with van der Waals surface area (Å²) in [6.07, 6.45) is -2.78. The highest BCUT2D eigenvalue weighted by Gasteiger charge is 2.31. The number of pyridine rings is 1. The molecular formula is C18H16F3N3O. The van der Waals surface area contributed by atoms with Gasteiger partial charge in [0.05, 0.1) is 23.4 Å². The van der Waals surface area contributed by atoms with Gasteiger partial charge in [-0.15, -0.1) is 5.10 Å². The maximum absolute atomic E-state index is 13.0. The van der Waals surface area contributed by atoms with Crippen LogP contribution in [0.5, 0.6) is 5.88 Å². The highest BCUT2D eigenvalue weighted by Crippen LogP contribution is 2.37. The Kier molecular flexibility index (Phi) is 4.48. The smallest absolute Gasteiger partial charge is 0.416 e. The van der Waals surface area contributed by atoms with Crippen LogP contribution in [0.3, 0.4) is 0 Å². The highest BCUT2D eigenvalue weighted by atomic mass is 19.4. The van der Waals surface area contributed by atoms with Gasteiger partial charge in [-0.25, -0.2) is 9.67 Å². The minimum absolute atomic E-state index is 0.282. The molecule has 4 nitrogen and oxygen atoms in total. The minimum Gasteiger partial charge on any atom is -0.476 e. The molecule has 2 heterocycles. The molecule has 25 heavy (non-hydrogen) atoms. The molecule has 0 radical (unpaired) electrons. The van der Waals surface area contributed by atoms with Crippen molar-refractivity contribution in [3.8, 4) is 22.8 Å². The summed E-state index contributed by atoms with van der Waals surface area (Å²) in [4.78, 5) is 4.24. The zero-order valence-electron chi connectivity index (χ0n) is 13.7. The van der Waals surface area contributed by atoms with E-state index in [1.165, 1.54) is 6.07 Å². The van der Waals surface area contributed by atoms with Gasteiger partial charge >= 0.3 is 6.18 Å². The maximum Gasteiger partial charge on any atom is 0.416 e. The van der Waals surface area contributed by atoms with Crippen LogP contribution in [-0.2, 0) is 6.18 Å². The second-order valence-corrected chi connectivity index (χ2v) is 5.38. The Morgan fingerprint density at radius 1 is 1.12 bits per heavy atom. The zero-order valence-corrected chi connectivity index (χ0v) is 13.7. The molecule has 0 saturated carbocycles. The van der Waals surface area contributed by atoms with Crippen molar-refractivity contribution in [2.45, 2.75) is 20.0 Å². The van der Waals surface area contributed by atoms with Crippen molar-refractivity contribution in [1.82, 2.24) is 14.8 Å². The first kappa shape index (κ1) is 17.0. The second-order valence-electron chi connectivity index (χ2n) is 5.38. The number of halogens is 3. The lowest BCUT2D eigenvalue weighted by atomic mass is 10.0. The van der Waals surface area contributed by atoms with Gasteiger partial charge in [-0.3, -0.25) is 0 Å². The average Bonchev–Trinajstić information content (AvgIpc) is 2.92. The number of rotatable bonds is 4. The number of alkyl halides is 3. The number of hydrogen-bond acceptors (Lipinski definition) is 3. The molecule has 1 aromatic carbocycles. The molecule has 0 fully saturated rings. The van der Waals surface area contributed by atoms with Crippen LogP contribution in [0.15, 0.2) is 48.7 Å². The molecule has 0 aliphatic heterocycles. The third-order valence-corrected chi connectivity index (χ3v) is 3.71. The largest absolute Gasteiger partial charge is 0.476 e. The van der Waals surface area contributed by atoms with Gasteiger partial charge in [0.2, 0.25) is 5.88 Å². The molecule has 0 atom stereocenters. The third kappa shape index (κ3) is 3.35. The topological polar surface area (TPSA) is 39.9 Å². The van der Waals surface area contributed by atoms with Gasteiger partial charge in [-0.1, -0.05) is 18.2 Å². The van der Waals surface area contributed by atoms with E-state index in [1.54, 1.807) is 42.9 Å². The van der Waals surface area contributed by atoms with E-state index in [0.29, 0.717) is 29.2 Å². The maximum atomic E-state index is 13.0. The SMILES string of the molecule is CCOc1nn(-c2ccccn2)c(C)c1-c1cccc(C(F)(F)F)c1. The first-order valence-electron chi connectivity index (χ1n) is 7.73. The van der Waals surface area contributed by atoms with Gasteiger partial charge in [-0.2, -0.15) is 13.2 Å². The molecule has 0 amide bonds. The quantitative estimate of drug-likeness (QED) is 0.689. The monoisotopic (exact) mass is 347 g/mol. The Bertz CT molecular complexity index is 873. The summed E-state index contributed by atoms with van der Waals surface area (Å²) in [5, 5.41) is 4.39. The molecule has 3 aromatic rings. The number of nitrogens with zero attached hydrogens (tertiary/aromatic N) is 3. The Morgan fingerprint density at radius 3 is 2.56 bits per heavy atom. The molecule has 2 aromatic heterocycles. The van der Waals surface area contributed by atoms with Gasteiger partial charge in [-0.05, 0) is 43.7 Å². The Morgan fingerprint density at radius 2 is 1.92 bits per heavy atom. The van der Waals surface area contributed by atoms with Crippen molar-refractivity contribution in [2.24, 2.45) is 0 Å². The Hall–Kier alpha value is -2.83. The Labute approximate surface area is 142 Å². The molecule has 0 N–H and O–H groups in total. The summed E-state index contributed by atoms with van der Waals surface area (Å²) in [6.45, 7) is 3.93. The molecule has 0 aliphatic carbocycles. The summed E-state index contributed by atoms with van der Waals surface area (Å²) in [5.74, 6) is 0.851. The predicted octanol–water partition coefficient (Wildman–Crippen LogP) is 4.66. The van der Waals surface area contributed by atoms with E-state index < -0.39 is 11.7 Å².